The van der Waals surface area contributed by atoms with Gasteiger partial charge in [-0.3, -0.25) is 4.79 Å². The van der Waals surface area contributed by atoms with E-state index in [1.54, 1.807) is 24.3 Å². The molecule has 1 aliphatic rings. The molecule has 0 fully saturated rings. The van der Waals surface area contributed by atoms with Crippen molar-refractivity contribution in [2.24, 2.45) is 0 Å². The van der Waals surface area contributed by atoms with Gasteiger partial charge in [0, 0.05) is 11.1 Å². The Morgan fingerprint density at radius 3 is 2.33 bits per heavy atom. The summed E-state index contributed by atoms with van der Waals surface area (Å²) in [7, 11) is 0. The zero-order chi connectivity index (χ0) is 21.3. The van der Waals surface area contributed by atoms with E-state index in [1.807, 2.05) is 36.4 Å². The van der Waals surface area contributed by atoms with E-state index >= 15 is 0 Å². The van der Waals surface area contributed by atoms with Crippen LogP contribution in [0.2, 0.25) is 5.02 Å². The molecule has 30 heavy (non-hydrogen) atoms. The Bertz CT molecular complexity index is 1100. The average molecular weight is 419 g/mol. The smallest absolute Gasteiger partial charge is 0.231 e. The molecule has 1 heterocycles. The Labute approximate surface area is 181 Å². The van der Waals surface area contributed by atoms with E-state index in [2.05, 4.69) is 32.9 Å². The largest absolute Gasteiger partial charge is 0.489 e. The maximum atomic E-state index is 12.7. The van der Waals surface area contributed by atoms with Crippen molar-refractivity contribution in [1.82, 2.24) is 0 Å². The fraction of sp³-hybridized carbons (Fsp3) is 0.192. The van der Waals surface area contributed by atoms with Gasteiger partial charge in [-0.1, -0.05) is 68.8 Å². The van der Waals surface area contributed by atoms with E-state index in [1.165, 1.54) is 5.56 Å². The van der Waals surface area contributed by atoms with Crippen LogP contribution in [0.4, 0.5) is 0 Å². The molecule has 0 unspecified atom stereocenters. The average Bonchev–Trinajstić information content (AvgIpc) is 3.02. The molecule has 0 saturated carbocycles. The first kappa shape index (κ1) is 20.2. The van der Waals surface area contributed by atoms with Crippen molar-refractivity contribution in [1.29, 1.82) is 0 Å². The zero-order valence-electron chi connectivity index (χ0n) is 17.2. The molecule has 0 radical (unpaired) electrons. The predicted octanol–water partition coefficient (Wildman–Crippen LogP) is 6.83. The fourth-order valence-corrected chi connectivity index (χ4v) is 3.36. The monoisotopic (exact) mass is 418 g/mol. The number of rotatable bonds is 4. The molecule has 3 aromatic rings. The maximum Gasteiger partial charge on any atom is 0.231 e. The van der Waals surface area contributed by atoms with Crippen LogP contribution in [-0.2, 0) is 12.0 Å². The van der Waals surface area contributed by atoms with Crippen LogP contribution >= 0.6 is 11.6 Å². The van der Waals surface area contributed by atoms with Crippen molar-refractivity contribution in [2.75, 3.05) is 0 Å². The molecule has 0 aliphatic carbocycles. The van der Waals surface area contributed by atoms with E-state index in [4.69, 9.17) is 21.1 Å². The molecule has 0 saturated heterocycles. The molecular weight excluding hydrogens is 396 g/mol. The van der Waals surface area contributed by atoms with Gasteiger partial charge in [0.25, 0.3) is 0 Å². The number of allylic oxidation sites excluding steroid dienone is 1. The lowest BCUT2D eigenvalue weighted by atomic mass is 9.86. The number of ether oxygens (including phenoxy) is 2. The summed E-state index contributed by atoms with van der Waals surface area (Å²) in [6, 6.07) is 21.0. The SMILES string of the molecule is CC(C)(C)c1ccc(C=C2Oc3cc(OCc4ccc(Cl)cc4)ccc3C2=O)cc1. The first-order valence-electron chi connectivity index (χ1n) is 9.86. The molecule has 0 N–H and O–H groups in total. The van der Waals surface area contributed by atoms with Crippen LogP contribution in [0, 0.1) is 0 Å². The fourth-order valence-electron chi connectivity index (χ4n) is 3.24. The van der Waals surface area contributed by atoms with E-state index < -0.39 is 0 Å². The minimum absolute atomic E-state index is 0.0873. The standard InChI is InChI=1S/C26H23ClO3/c1-26(2,3)19-8-4-17(5-9-19)14-24-25(28)22-13-12-21(15-23(22)30-24)29-16-18-6-10-20(27)11-7-18/h4-15H,16H2,1-3H3. The second kappa shape index (κ2) is 8.00. The molecule has 4 rings (SSSR count). The Balaban J connectivity index is 1.48. The lowest BCUT2D eigenvalue weighted by Crippen LogP contribution is -2.10. The number of benzene rings is 3. The molecule has 152 valence electrons. The van der Waals surface area contributed by atoms with Gasteiger partial charge in [0.15, 0.2) is 5.76 Å². The van der Waals surface area contributed by atoms with E-state index in [9.17, 15) is 4.79 Å². The first-order valence-corrected chi connectivity index (χ1v) is 10.2. The molecular formula is C26H23ClO3. The summed E-state index contributed by atoms with van der Waals surface area (Å²) in [4.78, 5) is 12.7. The summed E-state index contributed by atoms with van der Waals surface area (Å²) in [6.07, 6.45) is 1.78. The molecule has 0 atom stereocenters. The van der Waals surface area contributed by atoms with Gasteiger partial charge in [-0.05, 0) is 52.4 Å². The van der Waals surface area contributed by atoms with E-state index in [0.717, 1.165) is 11.1 Å². The number of ketones is 1. The van der Waals surface area contributed by atoms with Gasteiger partial charge in [0.2, 0.25) is 5.78 Å². The number of fused-ring (bicyclic) bond motifs is 1. The minimum atomic E-state index is -0.117. The van der Waals surface area contributed by atoms with Crippen molar-refractivity contribution in [3.8, 4) is 11.5 Å². The van der Waals surface area contributed by atoms with E-state index in [0.29, 0.717) is 34.5 Å². The number of halogens is 1. The van der Waals surface area contributed by atoms with Crippen molar-refractivity contribution in [2.45, 2.75) is 32.8 Å². The van der Waals surface area contributed by atoms with Gasteiger partial charge < -0.3 is 9.47 Å². The van der Waals surface area contributed by atoms with E-state index in [-0.39, 0.29) is 11.2 Å². The van der Waals surface area contributed by atoms with Gasteiger partial charge in [-0.25, -0.2) is 0 Å². The van der Waals surface area contributed by atoms with Crippen LogP contribution in [0.1, 0.15) is 47.8 Å². The van der Waals surface area contributed by atoms with Crippen LogP contribution in [0.25, 0.3) is 6.08 Å². The van der Waals surface area contributed by atoms with Crippen molar-refractivity contribution < 1.29 is 14.3 Å². The number of carbonyl (C=O) groups is 1. The second-order valence-corrected chi connectivity index (χ2v) is 8.82. The third-order valence-electron chi connectivity index (χ3n) is 5.03. The summed E-state index contributed by atoms with van der Waals surface area (Å²) < 4.78 is 11.7. The molecule has 0 bridgehead atoms. The molecule has 0 amide bonds. The molecule has 3 aromatic carbocycles. The van der Waals surface area contributed by atoms with Gasteiger partial charge in [0.05, 0.1) is 5.56 Å². The third kappa shape index (κ3) is 4.42. The van der Waals surface area contributed by atoms with Crippen LogP contribution < -0.4 is 9.47 Å². The quantitative estimate of drug-likeness (QED) is 0.435. The molecule has 0 aromatic heterocycles. The highest BCUT2D eigenvalue weighted by Crippen LogP contribution is 2.35. The highest BCUT2D eigenvalue weighted by atomic mass is 35.5. The normalized spacial score (nSPS) is 14.5. The first-order chi connectivity index (χ1) is 14.3. The molecule has 4 heteroatoms. The lowest BCUT2D eigenvalue weighted by Gasteiger charge is -2.18. The Hall–Kier alpha value is -3.04. The topological polar surface area (TPSA) is 35.5 Å². The summed E-state index contributed by atoms with van der Waals surface area (Å²) in [5.74, 6) is 1.37. The van der Waals surface area contributed by atoms with Crippen LogP contribution in [0.3, 0.4) is 0 Å². The zero-order valence-corrected chi connectivity index (χ0v) is 18.0. The van der Waals surface area contributed by atoms with Crippen molar-refractivity contribution in [3.05, 3.63) is 99.8 Å². The molecule has 3 nitrogen and oxygen atoms in total. The Kier molecular flexibility index (Phi) is 5.40. The van der Waals surface area contributed by atoms with Crippen LogP contribution in [0.5, 0.6) is 11.5 Å². The lowest BCUT2D eigenvalue weighted by molar-refractivity contribution is 0.101. The van der Waals surface area contributed by atoms with Gasteiger partial charge in [0.1, 0.15) is 18.1 Å². The van der Waals surface area contributed by atoms with Crippen LogP contribution in [-0.4, -0.2) is 5.78 Å². The summed E-state index contributed by atoms with van der Waals surface area (Å²) in [5, 5.41) is 0.690. The Morgan fingerprint density at radius 2 is 1.67 bits per heavy atom. The summed E-state index contributed by atoms with van der Waals surface area (Å²) >= 11 is 5.91. The summed E-state index contributed by atoms with van der Waals surface area (Å²) in [6.45, 7) is 6.93. The van der Waals surface area contributed by atoms with Crippen molar-refractivity contribution in [3.63, 3.8) is 0 Å². The highest BCUT2D eigenvalue weighted by Gasteiger charge is 2.27. The third-order valence-corrected chi connectivity index (χ3v) is 5.29. The number of carbonyl (C=O) groups excluding carboxylic acids is 1. The highest BCUT2D eigenvalue weighted by molar-refractivity contribution is 6.30. The predicted molar refractivity (Wildman–Crippen MR) is 120 cm³/mol. The van der Waals surface area contributed by atoms with Crippen LogP contribution in [0.15, 0.2) is 72.5 Å². The molecule has 0 spiro atoms. The van der Waals surface area contributed by atoms with Gasteiger partial charge in [-0.2, -0.15) is 0 Å². The summed E-state index contributed by atoms with van der Waals surface area (Å²) in [5.41, 5.74) is 3.82. The van der Waals surface area contributed by atoms with Gasteiger partial charge in [-0.15, -0.1) is 0 Å². The number of hydrogen-bond donors (Lipinski definition) is 0. The number of hydrogen-bond acceptors (Lipinski definition) is 3. The number of Topliss-reactive ketones (excluding diaryl/α,β-unsaturated/α-hetero) is 1. The second-order valence-electron chi connectivity index (χ2n) is 8.38. The van der Waals surface area contributed by atoms with Gasteiger partial charge >= 0.3 is 0 Å². The minimum Gasteiger partial charge on any atom is -0.489 e. The Morgan fingerprint density at radius 1 is 0.967 bits per heavy atom. The van der Waals surface area contributed by atoms with Crippen molar-refractivity contribution >= 4 is 23.5 Å². The maximum absolute atomic E-state index is 12.7. The molecule has 1 aliphatic heterocycles.